The van der Waals surface area contributed by atoms with Crippen molar-refractivity contribution in [2.45, 2.75) is 33.2 Å². The number of amides is 1. The predicted molar refractivity (Wildman–Crippen MR) is 65.0 cm³/mol. The minimum atomic E-state index is 0.172. The Morgan fingerprint density at radius 2 is 2.06 bits per heavy atom. The molecule has 1 saturated carbocycles. The number of carbonyl (C=O) groups is 1. The third-order valence-electron chi connectivity index (χ3n) is 4.95. The van der Waals surface area contributed by atoms with Crippen molar-refractivity contribution in [1.82, 2.24) is 10.2 Å². The fourth-order valence-electron chi connectivity index (χ4n) is 3.58. The molecule has 4 atom stereocenters. The molecule has 2 fully saturated rings. The zero-order chi connectivity index (χ0) is 12.1. The Morgan fingerprint density at radius 3 is 2.62 bits per heavy atom. The Balaban J connectivity index is 2.24. The number of hydrogen-bond donors (Lipinski definition) is 1. The summed E-state index contributed by atoms with van der Waals surface area (Å²) in [6, 6.07) is 0.408. The van der Waals surface area contributed by atoms with Crippen molar-refractivity contribution >= 4 is 5.91 Å². The van der Waals surface area contributed by atoms with E-state index in [1.54, 1.807) is 0 Å². The normalized spacial score (nSPS) is 41.2. The van der Waals surface area contributed by atoms with E-state index in [1.807, 2.05) is 14.1 Å². The summed E-state index contributed by atoms with van der Waals surface area (Å²) in [7, 11) is 4.09. The minimum absolute atomic E-state index is 0.172. The van der Waals surface area contributed by atoms with Gasteiger partial charge in [-0.05, 0) is 37.8 Å². The van der Waals surface area contributed by atoms with Crippen LogP contribution >= 0.6 is 0 Å². The second-order valence-electron chi connectivity index (χ2n) is 6.44. The molecule has 2 rings (SSSR count). The van der Waals surface area contributed by atoms with Crippen LogP contribution in [-0.4, -0.2) is 37.5 Å². The molecule has 16 heavy (non-hydrogen) atoms. The number of hydrogen-bond acceptors (Lipinski definition) is 2. The molecule has 0 aromatic heterocycles. The number of fused-ring (bicyclic) bond motifs is 2. The van der Waals surface area contributed by atoms with Crippen LogP contribution in [0.25, 0.3) is 0 Å². The molecule has 0 aromatic carbocycles. The smallest absolute Gasteiger partial charge is 0.224 e. The number of rotatable bonds is 2. The van der Waals surface area contributed by atoms with Crippen LogP contribution in [0.4, 0.5) is 0 Å². The molecule has 2 bridgehead atoms. The van der Waals surface area contributed by atoms with Crippen LogP contribution < -0.4 is 5.32 Å². The molecule has 4 unspecified atom stereocenters. The van der Waals surface area contributed by atoms with Crippen LogP contribution in [0.3, 0.4) is 0 Å². The molecule has 0 radical (unpaired) electrons. The Bertz CT molecular complexity index is 298. The van der Waals surface area contributed by atoms with Gasteiger partial charge in [0.15, 0.2) is 0 Å². The molecule has 3 heteroatoms. The maximum Gasteiger partial charge on any atom is 0.224 e. The number of piperidine rings is 1. The monoisotopic (exact) mass is 224 g/mol. The van der Waals surface area contributed by atoms with Crippen molar-refractivity contribution in [1.29, 1.82) is 0 Å². The summed E-state index contributed by atoms with van der Waals surface area (Å²) >= 11 is 0. The Morgan fingerprint density at radius 1 is 1.44 bits per heavy atom. The second-order valence-corrected chi connectivity index (χ2v) is 6.44. The summed E-state index contributed by atoms with van der Waals surface area (Å²) in [5.41, 5.74) is 0.282. The van der Waals surface area contributed by atoms with Crippen LogP contribution in [0.1, 0.15) is 27.2 Å². The van der Waals surface area contributed by atoms with Gasteiger partial charge in [0.05, 0.1) is 5.92 Å². The molecule has 3 nitrogen and oxygen atoms in total. The molecule has 92 valence electrons. The van der Waals surface area contributed by atoms with E-state index >= 15 is 0 Å². The first kappa shape index (κ1) is 11.9. The topological polar surface area (TPSA) is 32.3 Å². The van der Waals surface area contributed by atoms with Crippen LogP contribution in [0.5, 0.6) is 0 Å². The lowest BCUT2D eigenvalue weighted by Crippen LogP contribution is -2.48. The van der Waals surface area contributed by atoms with E-state index in [9.17, 15) is 4.79 Å². The predicted octanol–water partition coefficient (Wildman–Crippen LogP) is 1.34. The highest BCUT2D eigenvalue weighted by atomic mass is 16.2. The van der Waals surface area contributed by atoms with E-state index < -0.39 is 0 Å². The molecule has 0 spiro atoms. The lowest BCUT2D eigenvalue weighted by atomic mass is 9.71. The van der Waals surface area contributed by atoms with Crippen molar-refractivity contribution in [3.8, 4) is 0 Å². The zero-order valence-electron chi connectivity index (χ0n) is 11.1. The van der Waals surface area contributed by atoms with Gasteiger partial charge >= 0.3 is 0 Å². The van der Waals surface area contributed by atoms with Crippen molar-refractivity contribution in [3.05, 3.63) is 0 Å². The minimum Gasteiger partial charge on any atom is -0.353 e. The third kappa shape index (κ3) is 1.65. The summed E-state index contributed by atoms with van der Waals surface area (Å²) in [4.78, 5) is 14.2. The molecule has 2 aliphatic rings. The van der Waals surface area contributed by atoms with E-state index in [2.05, 4.69) is 31.0 Å². The molecule has 1 saturated heterocycles. The van der Waals surface area contributed by atoms with Gasteiger partial charge in [-0.2, -0.15) is 0 Å². The second kappa shape index (κ2) is 3.73. The van der Waals surface area contributed by atoms with E-state index in [4.69, 9.17) is 0 Å². The lowest BCUT2D eigenvalue weighted by molar-refractivity contribution is -0.130. The summed E-state index contributed by atoms with van der Waals surface area (Å²) < 4.78 is 0. The summed E-state index contributed by atoms with van der Waals surface area (Å²) in [5, 5.41) is 3.20. The van der Waals surface area contributed by atoms with Gasteiger partial charge in [0.1, 0.15) is 0 Å². The fraction of sp³-hybridized carbons (Fsp3) is 0.923. The molecular formula is C13H24N2O. The lowest BCUT2D eigenvalue weighted by Gasteiger charge is -2.36. The van der Waals surface area contributed by atoms with E-state index in [1.165, 1.54) is 6.42 Å². The zero-order valence-corrected chi connectivity index (χ0v) is 11.1. The van der Waals surface area contributed by atoms with Gasteiger partial charge < -0.3 is 10.2 Å². The molecule has 1 N–H and O–H groups in total. The van der Waals surface area contributed by atoms with Gasteiger partial charge in [-0.1, -0.05) is 20.8 Å². The average Bonchev–Trinajstić information content (AvgIpc) is 2.35. The van der Waals surface area contributed by atoms with Gasteiger partial charge in [-0.15, -0.1) is 0 Å². The molecule has 0 aromatic rings. The van der Waals surface area contributed by atoms with Crippen LogP contribution in [-0.2, 0) is 4.79 Å². The number of carbonyl (C=O) groups excluding carboxylic acids is 1. The van der Waals surface area contributed by atoms with Crippen molar-refractivity contribution < 1.29 is 4.79 Å². The third-order valence-corrected chi connectivity index (χ3v) is 4.95. The van der Waals surface area contributed by atoms with Crippen molar-refractivity contribution in [3.63, 3.8) is 0 Å². The van der Waals surface area contributed by atoms with Crippen LogP contribution in [0.2, 0.25) is 0 Å². The van der Waals surface area contributed by atoms with Gasteiger partial charge in [0, 0.05) is 12.6 Å². The van der Waals surface area contributed by atoms with Crippen LogP contribution in [0, 0.1) is 23.2 Å². The number of nitrogens with zero attached hydrogens (tertiary/aromatic N) is 1. The summed E-state index contributed by atoms with van der Waals surface area (Å²) in [6.07, 6.45) is 1.17. The first-order chi connectivity index (χ1) is 7.34. The van der Waals surface area contributed by atoms with Crippen molar-refractivity contribution in [2.75, 3.05) is 20.6 Å². The highest BCUT2D eigenvalue weighted by Gasteiger charge is 2.54. The van der Waals surface area contributed by atoms with Gasteiger partial charge in [-0.25, -0.2) is 0 Å². The van der Waals surface area contributed by atoms with Gasteiger partial charge in [0.25, 0.3) is 0 Å². The van der Waals surface area contributed by atoms with E-state index in [0.29, 0.717) is 17.9 Å². The molecular weight excluding hydrogens is 200 g/mol. The molecule has 1 aliphatic heterocycles. The maximum absolute atomic E-state index is 12.1. The average molecular weight is 224 g/mol. The van der Waals surface area contributed by atoms with Gasteiger partial charge in [0.2, 0.25) is 5.91 Å². The SMILES string of the molecule is CC1C2CC(C(CN(C)C)C(=O)N2)C1(C)C. The Labute approximate surface area is 98.6 Å². The van der Waals surface area contributed by atoms with E-state index in [-0.39, 0.29) is 17.2 Å². The molecule has 1 amide bonds. The Hall–Kier alpha value is -0.570. The molecule has 1 heterocycles. The number of nitrogens with one attached hydrogen (secondary N) is 1. The fourth-order valence-corrected chi connectivity index (χ4v) is 3.58. The van der Waals surface area contributed by atoms with Crippen LogP contribution in [0.15, 0.2) is 0 Å². The van der Waals surface area contributed by atoms with E-state index in [0.717, 1.165) is 6.54 Å². The first-order valence-corrected chi connectivity index (χ1v) is 6.29. The molecule has 1 aliphatic carbocycles. The maximum atomic E-state index is 12.1. The Kier molecular flexibility index (Phi) is 2.77. The quantitative estimate of drug-likeness (QED) is 0.768. The van der Waals surface area contributed by atoms with Crippen molar-refractivity contribution in [2.24, 2.45) is 23.2 Å². The largest absolute Gasteiger partial charge is 0.353 e. The first-order valence-electron chi connectivity index (χ1n) is 6.29. The summed E-state index contributed by atoms with van der Waals surface area (Å²) in [5.74, 6) is 1.58. The standard InChI is InChI=1S/C13H24N2O/c1-8-11-6-10(13(8,2)3)9(7-15(4)5)12(16)14-11/h8-11H,6-7H2,1-5H3,(H,14,16). The van der Waals surface area contributed by atoms with Gasteiger partial charge in [-0.3, -0.25) is 4.79 Å². The highest BCUT2D eigenvalue weighted by molar-refractivity contribution is 5.81. The summed E-state index contributed by atoms with van der Waals surface area (Å²) in [6.45, 7) is 7.80. The highest BCUT2D eigenvalue weighted by Crippen LogP contribution is 2.52.